The minimum Gasteiger partial charge on any atom is -0.264 e. The van der Waals surface area contributed by atoms with Crippen molar-refractivity contribution in [2.45, 2.75) is 12.8 Å². The Morgan fingerprint density at radius 2 is 1.45 bits per heavy atom. The van der Waals surface area contributed by atoms with Gasteiger partial charge in [0.15, 0.2) is 0 Å². The highest BCUT2D eigenvalue weighted by Crippen LogP contribution is 2.12. The van der Waals surface area contributed by atoms with Crippen molar-refractivity contribution in [2.75, 3.05) is 0 Å². The molecule has 1 radical (unpaired) electrons. The lowest BCUT2D eigenvalue weighted by molar-refractivity contribution is 1.11. The van der Waals surface area contributed by atoms with Crippen molar-refractivity contribution in [3.05, 3.63) is 95.6 Å². The lowest BCUT2D eigenvalue weighted by atomic mass is 10.0. The number of hydrogen-bond donors (Lipinski definition) is 0. The molecular weight excluding hydrogens is 244 g/mol. The Balaban J connectivity index is 1.69. The second kappa shape index (κ2) is 6.11. The molecule has 2 heterocycles. The van der Waals surface area contributed by atoms with Gasteiger partial charge in [0.1, 0.15) is 0 Å². The molecule has 0 spiro atoms. The largest absolute Gasteiger partial charge is 0.264 e. The van der Waals surface area contributed by atoms with Crippen LogP contribution in [0.25, 0.3) is 0 Å². The number of benzene rings is 1. The summed E-state index contributed by atoms with van der Waals surface area (Å²) in [6, 6.07) is 17.8. The maximum atomic E-state index is 4.14. The number of nitrogens with zero attached hydrogens (tertiary/aromatic N) is 2. The van der Waals surface area contributed by atoms with Crippen LogP contribution in [-0.2, 0) is 12.8 Å². The molecule has 2 aromatic heterocycles. The Morgan fingerprint density at radius 1 is 0.750 bits per heavy atom. The van der Waals surface area contributed by atoms with E-state index >= 15 is 0 Å². The van der Waals surface area contributed by atoms with E-state index in [1.54, 1.807) is 12.4 Å². The second-order valence-electron chi connectivity index (χ2n) is 4.80. The molecule has 3 rings (SSSR count). The summed E-state index contributed by atoms with van der Waals surface area (Å²) >= 11 is 0. The minimum atomic E-state index is 0.876. The summed E-state index contributed by atoms with van der Waals surface area (Å²) in [7, 11) is 0. The van der Waals surface area contributed by atoms with Crippen LogP contribution in [0.15, 0.2) is 67.3 Å². The smallest absolute Gasteiger partial charge is 0.0303 e. The molecule has 2 heteroatoms. The molecular formula is C18H15N2. The number of rotatable bonds is 4. The van der Waals surface area contributed by atoms with E-state index in [1.165, 1.54) is 22.3 Å². The Morgan fingerprint density at radius 3 is 2.00 bits per heavy atom. The average Bonchev–Trinajstić information content (AvgIpc) is 2.51. The lowest BCUT2D eigenvalue weighted by Gasteiger charge is -2.04. The summed E-state index contributed by atoms with van der Waals surface area (Å²) in [5.41, 5.74) is 4.88. The summed E-state index contributed by atoms with van der Waals surface area (Å²) in [5, 5.41) is 0. The molecule has 0 unspecified atom stereocenters. The fraction of sp³-hybridized carbons (Fsp3) is 0.111. The van der Waals surface area contributed by atoms with Crippen molar-refractivity contribution in [2.24, 2.45) is 0 Å². The first-order chi connectivity index (χ1) is 9.90. The fourth-order valence-corrected chi connectivity index (χ4v) is 2.17. The molecule has 20 heavy (non-hydrogen) atoms. The molecule has 0 saturated carbocycles. The molecule has 1 aromatic carbocycles. The summed E-state index contributed by atoms with van der Waals surface area (Å²) in [6.07, 6.45) is 9.18. The van der Waals surface area contributed by atoms with Gasteiger partial charge in [0.05, 0.1) is 0 Å². The molecule has 2 nitrogen and oxygen atoms in total. The standard InChI is InChI=1S/C18H15N2/c1-3-17(13-19-9-1)11-15-5-7-16(8-6-15)12-18-4-2-10-20-14-18/h1-7,9-10,13-14H,11-12H2. The van der Waals surface area contributed by atoms with Gasteiger partial charge in [-0.25, -0.2) is 0 Å². The van der Waals surface area contributed by atoms with E-state index < -0.39 is 0 Å². The zero-order valence-electron chi connectivity index (χ0n) is 11.2. The van der Waals surface area contributed by atoms with Crippen molar-refractivity contribution >= 4 is 0 Å². The van der Waals surface area contributed by atoms with Gasteiger partial charge in [0.25, 0.3) is 0 Å². The minimum absolute atomic E-state index is 0.876. The topological polar surface area (TPSA) is 25.8 Å². The van der Waals surface area contributed by atoms with Crippen LogP contribution < -0.4 is 0 Å². The van der Waals surface area contributed by atoms with Crippen LogP contribution in [0.1, 0.15) is 22.3 Å². The zero-order valence-corrected chi connectivity index (χ0v) is 11.2. The van der Waals surface area contributed by atoms with Gasteiger partial charge in [0, 0.05) is 24.8 Å². The van der Waals surface area contributed by atoms with Gasteiger partial charge in [-0.3, -0.25) is 9.97 Å². The Kier molecular flexibility index (Phi) is 3.83. The van der Waals surface area contributed by atoms with E-state index in [1.807, 2.05) is 24.5 Å². The van der Waals surface area contributed by atoms with E-state index in [0.29, 0.717) is 0 Å². The van der Waals surface area contributed by atoms with Gasteiger partial charge in [-0.1, -0.05) is 30.3 Å². The number of pyridine rings is 2. The zero-order chi connectivity index (χ0) is 13.6. The lowest BCUT2D eigenvalue weighted by Crippen LogP contribution is -1.92. The maximum absolute atomic E-state index is 4.14. The molecule has 97 valence electrons. The Bertz CT molecular complexity index is 586. The molecule has 0 aliphatic carbocycles. The summed E-state index contributed by atoms with van der Waals surface area (Å²) < 4.78 is 0. The molecule has 0 N–H and O–H groups in total. The van der Waals surface area contributed by atoms with Gasteiger partial charge < -0.3 is 0 Å². The number of hydrogen-bond acceptors (Lipinski definition) is 2. The summed E-state index contributed by atoms with van der Waals surface area (Å²) in [6.45, 7) is 0. The molecule has 0 atom stereocenters. The van der Waals surface area contributed by atoms with E-state index in [9.17, 15) is 0 Å². The third-order valence-electron chi connectivity index (χ3n) is 3.19. The van der Waals surface area contributed by atoms with E-state index in [4.69, 9.17) is 0 Å². The van der Waals surface area contributed by atoms with Gasteiger partial charge in [-0.2, -0.15) is 0 Å². The summed E-state index contributed by atoms with van der Waals surface area (Å²) in [4.78, 5) is 8.27. The first-order valence-corrected chi connectivity index (χ1v) is 6.67. The SMILES string of the molecule is [c]1cc(Cc2cccnc2)ccc1Cc1cccnc1. The van der Waals surface area contributed by atoms with Gasteiger partial charge in [-0.05, 0) is 53.3 Å². The van der Waals surface area contributed by atoms with Crippen molar-refractivity contribution in [1.29, 1.82) is 0 Å². The normalized spacial score (nSPS) is 10.4. The van der Waals surface area contributed by atoms with Crippen molar-refractivity contribution in [3.63, 3.8) is 0 Å². The van der Waals surface area contributed by atoms with E-state index in [2.05, 4.69) is 46.4 Å². The van der Waals surface area contributed by atoms with Gasteiger partial charge in [0.2, 0.25) is 0 Å². The molecule has 0 saturated heterocycles. The molecule has 0 amide bonds. The van der Waals surface area contributed by atoms with Crippen molar-refractivity contribution in [3.8, 4) is 0 Å². The third kappa shape index (κ3) is 3.29. The van der Waals surface area contributed by atoms with Crippen LogP contribution in [0.4, 0.5) is 0 Å². The summed E-state index contributed by atoms with van der Waals surface area (Å²) in [5.74, 6) is 0. The van der Waals surface area contributed by atoms with Crippen molar-refractivity contribution in [1.82, 2.24) is 9.97 Å². The van der Waals surface area contributed by atoms with E-state index in [0.717, 1.165) is 12.8 Å². The highest BCUT2D eigenvalue weighted by atomic mass is 14.6. The molecule has 0 bridgehead atoms. The van der Waals surface area contributed by atoms with Crippen LogP contribution in [0.2, 0.25) is 0 Å². The maximum Gasteiger partial charge on any atom is 0.0303 e. The third-order valence-corrected chi connectivity index (χ3v) is 3.19. The molecule has 3 aromatic rings. The van der Waals surface area contributed by atoms with Crippen LogP contribution in [-0.4, -0.2) is 9.97 Å². The van der Waals surface area contributed by atoms with E-state index in [-0.39, 0.29) is 0 Å². The predicted molar refractivity (Wildman–Crippen MR) is 79.4 cm³/mol. The quantitative estimate of drug-likeness (QED) is 0.717. The fourth-order valence-electron chi connectivity index (χ4n) is 2.17. The number of aromatic nitrogens is 2. The first-order valence-electron chi connectivity index (χ1n) is 6.67. The van der Waals surface area contributed by atoms with Crippen molar-refractivity contribution < 1.29 is 0 Å². The van der Waals surface area contributed by atoms with Crippen LogP contribution in [0.3, 0.4) is 0 Å². The van der Waals surface area contributed by atoms with Gasteiger partial charge in [-0.15, -0.1) is 0 Å². The first kappa shape index (κ1) is 12.5. The monoisotopic (exact) mass is 259 g/mol. The van der Waals surface area contributed by atoms with Crippen LogP contribution >= 0.6 is 0 Å². The Labute approximate surface area is 119 Å². The van der Waals surface area contributed by atoms with Gasteiger partial charge >= 0.3 is 0 Å². The van der Waals surface area contributed by atoms with Crippen LogP contribution in [0, 0.1) is 6.07 Å². The predicted octanol–water partition coefficient (Wildman–Crippen LogP) is 3.46. The van der Waals surface area contributed by atoms with Crippen LogP contribution in [0.5, 0.6) is 0 Å². The molecule has 0 fully saturated rings. The highest BCUT2D eigenvalue weighted by molar-refractivity contribution is 5.29. The highest BCUT2D eigenvalue weighted by Gasteiger charge is 1.99. The second-order valence-corrected chi connectivity index (χ2v) is 4.80. The average molecular weight is 259 g/mol. The molecule has 0 aliphatic heterocycles. The molecule has 0 aliphatic rings. The Hall–Kier alpha value is -2.48.